The van der Waals surface area contributed by atoms with E-state index in [-0.39, 0.29) is 0 Å². The topological polar surface area (TPSA) is 49.9 Å². The standard InChI is InChI=1S/C23H30N2O3S/c26-29(27,23-9-5-4-8-22(23)21-6-2-1-3-7-21)25-14-11-20(12-15-25)10-13-24-16-18-28-19-17-24/h1-9,20H,10-19H2. The van der Waals surface area contributed by atoms with Crippen LogP contribution in [0.3, 0.4) is 0 Å². The van der Waals surface area contributed by atoms with Gasteiger partial charge in [0.1, 0.15) is 0 Å². The fourth-order valence-corrected chi connectivity index (χ4v) is 6.00. The van der Waals surface area contributed by atoms with Gasteiger partial charge in [0.25, 0.3) is 0 Å². The van der Waals surface area contributed by atoms with Crippen molar-refractivity contribution in [3.63, 3.8) is 0 Å². The predicted octanol–water partition coefficient (Wildman–Crippen LogP) is 3.48. The van der Waals surface area contributed by atoms with Gasteiger partial charge >= 0.3 is 0 Å². The highest BCUT2D eigenvalue weighted by atomic mass is 32.2. The first kappa shape index (κ1) is 20.5. The minimum Gasteiger partial charge on any atom is -0.379 e. The largest absolute Gasteiger partial charge is 0.379 e. The van der Waals surface area contributed by atoms with Crippen molar-refractivity contribution in [2.45, 2.75) is 24.2 Å². The van der Waals surface area contributed by atoms with Gasteiger partial charge in [0.15, 0.2) is 0 Å². The Morgan fingerprint density at radius 3 is 2.24 bits per heavy atom. The van der Waals surface area contributed by atoms with E-state index in [1.165, 1.54) is 0 Å². The van der Waals surface area contributed by atoms with E-state index in [1.54, 1.807) is 10.4 Å². The van der Waals surface area contributed by atoms with Crippen LogP contribution >= 0.6 is 0 Å². The molecule has 4 rings (SSSR count). The molecule has 5 nitrogen and oxygen atoms in total. The summed E-state index contributed by atoms with van der Waals surface area (Å²) >= 11 is 0. The molecule has 2 aromatic carbocycles. The van der Waals surface area contributed by atoms with Gasteiger partial charge in [-0.25, -0.2) is 8.42 Å². The number of hydrogen-bond donors (Lipinski definition) is 0. The van der Waals surface area contributed by atoms with Crippen molar-refractivity contribution >= 4 is 10.0 Å². The first-order valence-electron chi connectivity index (χ1n) is 10.6. The summed E-state index contributed by atoms with van der Waals surface area (Å²) in [6.45, 7) is 6.01. The van der Waals surface area contributed by atoms with E-state index in [0.717, 1.165) is 63.2 Å². The van der Waals surface area contributed by atoms with Crippen LogP contribution in [-0.4, -0.2) is 63.6 Å². The summed E-state index contributed by atoms with van der Waals surface area (Å²) < 4.78 is 33.9. The van der Waals surface area contributed by atoms with Crippen molar-refractivity contribution in [2.24, 2.45) is 5.92 Å². The zero-order chi connectivity index (χ0) is 20.1. The third-order valence-corrected chi connectivity index (χ3v) is 8.08. The molecule has 0 amide bonds. The summed E-state index contributed by atoms with van der Waals surface area (Å²) in [5.41, 5.74) is 1.72. The van der Waals surface area contributed by atoms with E-state index >= 15 is 0 Å². The molecule has 0 atom stereocenters. The molecule has 0 radical (unpaired) electrons. The lowest BCUT2D eigenvalue weighted by Gasteiger charge is -2.33. The van der Waals surface area contributed by atoms with Gasteiger partial charge in [-0.15, -0.1) is 0 Å². The quantitative estimate of drug-likeness (QED) is 0.726. The Morgan fingerprint density at radius 2 is 1.52 bits per heavy atom. The zero-order valence-electron chi connectivity index (χ0n) is 16.9. The molecule has 0 N–H and O–H groups in total. The molecule has 0 aliphatic carbocycles. The molecule has 0 spiro atoms. The highest BCUT2D eigenvalue weighted by molar-refractivity contribution is 7.89. The Morgan fingerprint density at radius 1 is 0.862 bits per heavy atom. The number of sulfonamides is 1. The van der Waals surface area contributed by atoms with Gasteiger partial charge in [0, 0.05) is 31.7 Å². The molecule has 0 saturated carbocycles. The molecule has 6 heteroatoms. The zero-order valence-corrected chi connectivity index (χ0v) is 17.7. The van der Waals surface area contributed by atoms with Crippen LogP contribution in [0.5, 0.6) is 0 Å². The normalized spacial score (nSPS) is 20.0. The van der Waals surface area contributed by atoms with E-state index in [9.17, 15) is 8.42 Å². The second kappa shape index (κ2) is 9.39. The number of hydrogen-bond acceptors (Lipinski definition) is 4. The Bertz CT molecular complexity index is 887. The number of benzene rings is 2. The maximum Gasteiger partial charge on any atom is 0.243 e. The summed E-state index contributed by atoms with van der Waals surface area (Å²) in [6, 6.07) is 17.1. The molecular formula is C23H30N2O3S. The van der Waals surface area contributed by atoms with Crippen molar-refractivity contribution < 1.29 is 13.2 Å². The van der Waals surface area contributed by atoms with E-state index in [1.807, 2.05) is 48.5 Å². The highest BCUT2D eigenvalue weighted by Crippen LogP contribution is 2.32. The smallest absolute Gasteiger partial charge is 0.243 e. The molecule has 2 aliphatic rings. The third kappa shape index (κ3) is 4.89. The van der Waals surface area contributed by atoms with Crippen LogP contribution in [0.15, 0.2) is 59.5 Å². The molecule has 2 fully saturated rings. The lowest BCUT2D eigenvalue weighted by atomic mass is 9.94. The Kier molecular flexibility index (Phi) is 6.65. The first-order chi connectivity index (χ1) is 14.1. The Balaban J connectivity index is 1.41. The molecule has 2 saturated heterocycles. The van der Waals surface area contributed by atoms with Gasteiger partial charge in [0.2, 0.25) is 10.0 Å². The van der Waals surface area contributed by atoms with Crippen molar-refractivity contribution in [3.05, 3.63) is 54.6 Å². The van der Waals surface area contributed by atoms with Crippen LogP contribution in [0, 0.1) is 5.92 Å². The van der Waals surface area contributed by atoms with Gasteiger partial charge in [-0.1, -0.05) is 48.5 Å². The number of rotatable bonds is 6. The molecule has 2 aliphatic heterocycles. The Hall–Kier alpha value is -1.73. The van der Waals surface area contributed by atoms with Gasteiger partial charge in [-0.2, -0.15) is 4.31 Å². The van der Waals surface area contributed by atoms with Crippen molar-refractivity contribution in [1.29, 1.82) is 0 Å². The van der Waals surface area contributed by atoms with Gasteiger partial charge < -0.3 is 4.74 Å². The molecule has 0 unspecified atom stereocenters. The summed E-state index contributed by atoms with van der Waals surface area (Å²) in [5.74, 6) is 0.605. The molecule has 156 valence electrons. The second-order valence-corrected chi connectivity index (χ2v) is 9.86. The second-order valence-electron chi connectivity index (χ2n) is 7.95. The molecule has 0 bridgehead atoms. The average Bonchev–Trinajstić information content (AvgIpc) is 2.79. The SMILES string of the molecule is O=S(=O)(c1ccccc1-c1ccccc1)N1CCC(CCN2CCOCC2)CC1. The van der Waals surface area contributed by atoms with Crippen LogP contribution in [0.2, 0.25) is 0 Å². The molecule has 2 heterocycles. The molecule has 29 heavy (non-hydrogen) atoms. The van der Waals surface area contributed by atoms with Crippen LogP contribution in [0.4, 0.5) is 0 Å². The van der Waals surface area contributed by atoms with Crippen molar-refractivity contribution in [1.82, 2.24) is 9.21 Å². The lowest BCUT2D eigenvalue weighted by Crippen LogP contribution is -2.40. The average molecular weight is 415 g/mol. The van der Waals surface area contributed by atoms with Crippen LogP contribution in [0.1, 0.15) is 19.3 Å². The summed E-state index contributed by atoms with van der Waals surface area (Å²) in [7, 11) is -3.49. The molecule has 2 aromatic rings. The number of morpholine rings is 1. The van der Waals surface area contributed by atoms with E-state index in [4.69, 9.17) is 4.74 Å². The van der Waals surface area contributed by atoms with Gasteiger partial charge in [-0.05, 0) is 43.4 Å². The maximum atomic E-state index is 13.4. The molecular weight excluding hydrogens is 384 g/mol. The van der Waals surface area contributed by atoms with Gasteiger partial charge in [0.05, 0.1) is 18.1 Å². The van der Waals surface area contributed by atoms with Gasteiger partial charge in [-0.3, -0.25) is 4.90 Å². The van der Waals surface area contributed by atoms with Crippen LogP contribution in [-0.2, 0) is 14.8 Å². The number of piperidine rings is 1. The summed E-state index contributed by atoms with van der Waals surface area (Å²) in [6.07, 6.45) is 3.03. The minimum atomic E-state index is -3.49. The summed E-state index contributed by atoms with van der Waals surface area (Å²) in [4.78, 5) is 2.88. The third-order valence-electron chi connectivity index (χ3n) is 6.12. The maximum absolute atomic E-state index is 13.4. The fraction of sp³-hybridized carbons (Fsp3) is 0.478. The monoisotopic (exact) mass is 414 g/mol. The minimum absolute atomic E-state index is 0.415. The lowest BCUT2D eigenvalue weighted by molar-refractivity contribution is 0.0343. The molecule has 0 aromatic heterocycles. The predicted molar refractivity (Wildman–Crippen MR) is 115 cm³/mol. The number of nitrogens with zero attached hydrogens (tertiary/aromatic N) is 2. The van der Waals surface area contributed by atoms with Crippen LogP contribution < -0.4 is 0 Å². The Labute approximate surface area is 174 Å². The van der Waals surface area contributed by atoms with Crippen molar-refractivity contribution in [2.75, 3.05) is 45.9 Å². The van der Waals surface area contributed by atoms with Crippen molar-refractivity contribution in [3.8, 4) is 11.1 Å². The van der Waals surface area contributed by atoms with E-state index in [0.29, 0.717) is 23.9 Å². The summed E-state index contributed by atoms with van der Waals surface area (Å²) in [5, 5.41) is 0. The number of ether oxygens (including phenoxy) is 1. The fourth-order valence-electron chi connectivity index (χ4n) is 4.32. The van der Waals surface area contributed by atoms with Crippen LogP contribution in [0.25, 0.3) is 11.1 Å². The first-order valence-corrected chi connectivity index (χ1v) is 12.0. The van der Waals surface area contributed by atoms with E-state index in [2.05, 4.69) is 4.90 Å². The highest BCUT2D eigenvalue weighted by Gasteiger charge is 2.31. The van der Waals surface area contributed by atoms with E-state index < -0.39 is 10.0 Å².